The van der Waals surface area contributed by atoms with Gasteiger partial charge in [0.2, 0.25) is 0 Å². The Hall–Kier alpha value is -1.26. The molecule has 0 aromatic rings. The number of aliphatic imine (C=N–C) groups is 1. The standard InChI is InChI=1S/C15H31N3O2/c1-7-8-9-10-12(2)18-14(16-6)17-11-13(19)20-15(3,4)5/h12H,7-11H2,1-6H3,(H2,16,17,18). The molecule has 0 fully saturated rings. The van der Waals surface area contributed by atoms with E-state index in [-0.39, 0.29) is 12.5 Å². The Morgan fingerprint density at radius 3 is 2.45 bits per heavy atom. The highest BCUT2D eigenvalue weighted by atomic mass is 16.6. The van der Waals surface area contributed by atoms with E-state index < -0.39 is 5.60 Å². The van der Waals surface area contributed by atoms with Crippen molar-refractivity contribution in [2.45, 2.75) is 71.9 Å². The third-order valence-corrected chi connectivity index (χ3v) is 2.67. The highest BCUT2D eigenvalue weighted by molar-refractivity contribution is 5.84. The van der Waals surface area contributed by atoms with Crippen LogP contribution in [-0.2, 0) is 9.53 Å². The lowest BCUT2D eigenvalue weighted by Crippen LogP contribution is -2.45. The number of carbonyl (C=O) groups excluding carboxylic acids is 1. The lowest BCUT2D eigenvalue weighted by Gasteiger charge is -2.21. The van der Waals surface area contributed by atoms with E-state index in [4.69, 9.17) is 4.74 Å². The Morgan fingerprint density at radius 1 is 1.30 bits per heavy atom. The fourth-order valence-electron chi connectivity index (χ4n) is 1.73. The van der Waals surface area contributed by atoms with Gasteiger partial charge in [-0.25, -0.2) is 0 Å². The molecule has 0 saturated carbocycles. The normalized spacial score (nSPS) is 13.8. The van der Waals surface area contributed by atoms with Crippen molar-refractivity contribution in [3.05, 3.63) is 0 Å². The molecule has 0 spiro atoms. The first kappa shape index (κ1) is 18.7. The number of guanidine groups is 1. The molecular weight excluding hydrogens is 254 g/mol. The van der Waals surface area contributed by atoms with Crippen molar-refractivity contribution in [1.82, 2.24) is 10.6 Å². The molecule has 0 rings (SSSR count). The number of esters is 1. The number of carbonyl (C=O) groups is 1. The van der Waals surface area contributed by atoms with Crippen molar-refractivity contribution >= 4 is 11.9 Å². The predicted molar refractivity (Wildman–Crippen MR) is 83.9 cm³/mol. The first-order valence-corrected chi connectivity index (χ1v) is 7.47. The summed E-state index contributed by atoms with van der Waals surface area (Å²) in [7, 11) is 1.70. The van der Waals surface area contributed by atoms with E-state index in [2.05, 4.69) is 29.5 Å². The summed E-state index contributed by atoms with van der Waals surface area (Å²) >= 11 is 0. The fourth-order valence-corrected chi connectivity index (χ4v) is 1.73. The summed E-state index contributed by atoms with van der Waals surface area (Å²) in [6.45, 7) is 10.0. The van der Waals surface area contributed by atoms with E-state index >= 15 is 0 Å². The maximum atomic E-state index is 11.6. The number of nitrogens with zero attached hydrogens (tertiary/aromatic N) is 1. The Bertz CT molecular complexity index is 309. The quantitative estimate of drug-likeness (QED) is 0.326. The van der Waals surface area contributed by atoms with Gasteiger partial charge in [0.25, 0.3) is 0 Å². The van der Waals surface area contributed by atoms with E-state index in [1.54, 1.807) is 7.05 Å². The molecule has 0 aromatic heterocycles. The summed E-state index contributed by atoms with van der Waals surface area (Å²) in [6.07, 6.45) is 4.77. The summed E-state index contributed by atoms with van der Waals surface area (Å²) in [4.78, 5) is 15.7. The van der Waals surface area contributed by atoms with E-state index in [0.717, 1.165) is 6.42 Å². The maximum absolute atomic E-state index is 11.6. The predicted octanol–water partition coefficient (Wildman–Crippen LogP) is 2.46. The van der Waals surface area contributed by atoms with Crippen LogP contribution in [0.4, 0.5) is 0 Å². The Kier molecular flexibility index (Phi) is 9.01. The molecule has 2 N–H and O–H groups in total. The van der Waals surface area contributed by atoms with Crippen LogP contribution in [0, 0.1) is 0 Å². The molecule has 1 atom stereocenters. The molecule has 0 amide bonds. The molecule has 20 heavy (non-hydrogen) atoms. The largest absolute Gasteiger partial charge is 0.459 e. The van der Waals surface area contributed by atoms with Crippen LogP contribution in [0.25, 0.3) is 0 Å². The van der Waals surface area contributed by atoms with Crippen molar-refractivity contribution in [1.29, 1.82) is 0 Å². The zero-order valence-corrected chi connectivity index (χ0v) is 13.9. The summed E-state index contributed by atoms with van der Waals surface area (Å²) < 4.78 is 5.23. The summed E-state index contributed by atoms with van der Waals surface area (Å²) in [5.74, 6) is 0.360. The van der Waals surface area contributed by atoms with E-state index in [1.165, 1.54) is 19.3 Å². The molecule has 0 aliphatic carbocycles. The van der Waals surface area contributed by atoms with Gasteiger partial charge in [-0.05, 0) is 34.1 Å². The number of unbranched alkanes of at least 4 members (excludes halogenated alkanes) is 2. The number of hydrogen-bond acceptors (Lipinski definition) is 3. The minimum Gasteiger partial charge on any atom is -0.459 e. The zero-order chi connectivity index (χ0) is 15.6. The molecule has 118 valence electrons. The topological polar surface area (TPSA) is 62.7 Å². The van der Waals surface area contributed by atoms with E-state index in [1.807, 2.05) is 20.8 Å². The van der Waals surface area contributed by atoms with Gasteiger partial charge < -0.3 is 15.4 Å². The van der Waals surface area contributed by atoms with Crippen LogP contribution in [0.2, 0.25) is 0 Å². The minimum atomic E-state index is -0.455. The Labute approximate surface area is 123 Å². The maximum Gasteiger partial charge on any atom is 0.325 e. The molecule has 0 aliphatic rings. The van der Waals surface area contributed by atoms with Gasteiger partial charge in [-0.2, -0.15) is 0 Å². The van der Waals surface area contributed by atoms with Crippen LogP contribution < -0.4 is 10.6 Å². The first-order chi connectivity index (χ1) is 9.28. The first-order valence-electron chi connectivity index (χ1n) is 7.47. The lowest BCUT2D eigenvalue weighted by atomic mass is 10.1. The van der Waals surface area contributed by atoms with Crippen LogP contribution >= 0.6 is 0 Å². The van der Waals surface area contributed by atoms with Crippen LogP contribution in [0.1, 0.15) is 60.3 Å². The number of hydrogen-bond donors (Lipinski definition) is 2. The summed E-state index contributed by atoms with van der Waals surface area (Å²) in [6, 6.07) is 0.339. The second-order valence-corrected chi connectivity index (χ2v) is 6.05. The second kappa shape index (κ2) is 9.61. The molecule has 0 heterocycles. The molecular formula is C15H31N3O2. The van der Waals surface area contributed by atoms with Crippen molar-refractivity contribution < 1.29 is 9.53 Å². The van der Waals surface area contributed by atoms with Gasteiger partial charge in [0.15, 0.2) is 5.96 Å². The zero-order valence-electron chi connectivity index (χ0n) is 13.9. The van der Waals surface area contributed by atoms with E-state index in [9.17, 15) is 4.79 Å². The number of nitrogens with one attached hydrogen (secondary N) is 2. The molecule has 0 radical (unpaired) electrons. The van der Waals surface area contributed by atoms with Gasteiger partial charge in [-0.1, -0.05) is 26.2 Å². The molecule has 0 saturated heterocycles. The highest BCUT2D eigenvalue weighted by Crippen LogP contribution is 2.06. The van der Waals surface area contributed by atoms with Crippen molar-refractivity contribution in [3.63, 3.8) is 0 Å². The molecule has 5 heteroatoms. The summed E-state index contributed by atoms with van der Waals surface area (Å²) in [5.41, 5.74) is -0.455. The van der Waals surface area contributed by atoms with Gasteiger partial charge in [-0.15, -0.1) is 0 Å². The average Bonchev–Trinajstić information content (AvgIpc) is 2.32. The number of ether oxygens (including phenoxy) is 1. The van der Waals surface area contributed by atoms with Crippen LogP contribution in [0.5, 0.6) is 0 Å². The van der Waals surface area contributed by atoms with Gasteiger partial charge in [-0.3, -0.25) is 9.79 Å². The smallest absolute Gasteiger partial charge is 0.325 e. The van der Waals surface area contributed by atoms with Gasteiger partial charge in [0.1, 0.15) is 12.1 Å². The Balaban J connectivity index is 4.01. The molecule has 0 aromatic carbocycles. The molecule has 0 aliphatic heterocycles. The SMILES string of the molecule is CCCCCC(C)NC(=NC)NCC(=O)OC(C)(C)C. The van der Waals surface area contributed by atoms with Gasteiger partial charge >= 0.3 is 5.97 Å². The van der Waals surface area contributed by atoms with Crippen LogP contribution in [0.15, 0.2) is 4.99 Å². The fraction of sp³-hybridized carbons (Fsp3) is 0.867. The van der Waals surface area contributed by atoms with E-state index in [0.29, 0.717) is 12.0 Å². The van der Waals surface area contributed by atoms with Gasteiger partial charge in [0, 0.05) is 13.1 Å². The molecule has 5 nitrogen and oxygen atoms in total. The van der Waals surface area contributed by atoms with Crippen LogP contribution in [-0.4, -0.2) is 37.2 Å². The molecule has 0 bridgehead atoms. The van der Waals surface area contributed by atoms with Crippen LogP contribution in [0.3, 0.4) is 0 Å². The Morgan fingerprint density at radius 2 is 1.95 bits per heavy atom. The highest BCUT2D eigenvalue weighted by Gasteiger charge is 2.16. The lowest BCUT2D eigenvalue weighted by molar-refractivity contribution is -0.153. The second-order valence-electron chi connectivity index (χ2n) is 6.05. The minimum absolute atomic E-state index is 0.124. The average molecular weight is 285 g/mol. The summed E-state index contributed by atoms with van der Waals surface area (Å²) in [5, 5.41) is 6.25. The van der Waals surface area contributed by atoms with Crippen molar-refractivity contribution in [2.75, 3.05) is 13.6 Å². The van der Waals surface area contributed by atoms with Crippen molar-refractivity contribution in [2.24, 2.45) is 4.99 Å². The third-order valence-electron chi connectivity index (χ3n) is 2.67. The van der Waals surface area contributed by atoms with Gasteiger partial charge in [0.05, 0.1) is 0 Å². The monoisotopic (exact) mass is 285 g/mol. The van der Waals surface area contributed by atoms with Crippen molar-refractivity contribution in [3.8, 4) is 0 Å². The third kappa shape index (κ3) is 10.6. The number of rotatable bonds is 7. The molecule has 1 unspecified atom stereocenters.